The molecule has 2 aromatic rings. The van der Waals surface area contributed by atoms with Gasteiger partial charge >= 0.3 is 0 Å². The SMILES string of the molecule is CC[C@H](NC(=O)CN(c1cc(Cl)ccc1OC)S(C)(=O)=O)c1ccc(OC)c(C)c1. The third-order valence-corrected chi connectivity index (χ3v) is 6.02. The Morgan fingerprint density at radius 1 is 1.13 bits per heavy atom. The van der Waals surface area contributed by atoms with Gasteiger partial charge in [-0.2, -0.15) is 0 Å². The van der Waals surface area contributed by atoms with Crippen LogP contribution in [-0.2, 0) is 14.8 Å². The van der Waals surface area contributed by atoms with E-state index in [1.54, 1.807) is 19.2 Å². The minimum Gasteiger partial charge on any atom is -0.496 e. The third kappa shape index (κ3) is 5.79. The van der Waals surface area contributed by atoms with Crippen molar-refractivity contribution in [2.24, 2.45) is 0 Å². The molecule has 164 valence electrons. The Morgan fingerprint density at radius 3 is 2.30 bits per heavy atom. The number of carbonyl (C=O) groups excluding carboxylic acids is 1. The molecule has 0 aliphatic carbocycles. The zero-order valence-corrected chi connectivity index (χ0v) is 19.3. The predicted octanol–water partition coefficient (Wildman–Crippen LogP) is 3.70. The number of amides is 1. The molecule has 0 aromatic heterocycles. The van der Waals surface area contributed by atoms with Crippen molar-refractivity contribution in [1.29, 1.82) is 0 Å². The van der Waals surface area contributed by atoms with Gasteiger partial charge in [0, 0.05) is 5.02 Å². The van der Waals surface area contributed by atoms with E-state index in [2.05, 4.69) is 5.32 Å². The Balaban J connectivity index is 2.28. The fourth-order valence-corrected chi connectivity index (χ4v) is 4.17. The van der Waals surface area contributed by atoms with Crippen molar-refractivity contribution in [3.8, 4) is 11.5 Å². The zero-order valence-electron chi connectivity index (χ0n) is 17.7. The number of methoxy groups -OCH3 is 2. The second-order valence-corrected chi connectivity index (χ2v) is 9.19. The van der Waals surface area contributed by atoms with Gasteiger partial charge in [0.15, 0.2) is 0 Å². The molecule has 0 saturated carbocycles. The van der Waals surface area contributed by atoms with Crippen LogP contribution in [0.1, 0.15) is 30.5 Å². The predicted molar refractivity (Wildman–Crippen MR) is 119 cm³/mol. The molecule has 7 nitrogen and oxygen atoms in total. The summed E-state index contributed by atoms with van der Waals surface area (Å²) in [5.74, 6) is 0.620. The maximum Gasteiger partial charge on any atom is 0.241 e. The Hall–Kier alpha value is -2.45. The monoisotopic (exact) mass is 454 g/mol. The van der Waals surface area contributed by atoms with Gasteiger partial charge in [-0.1, -0.05) is 30.7 Å². The number of nitrogens with zero attached hydrogens (tertiary/aromatic N) is 1. The molecule has 1 atom stereocenters. The molecule has 0 aliphatic rings. The molecule has 1 N–H and O–H groups in total. The molecule has 9 heteroatoms. The number of ether oxygens (including phenoxy) is 2. The third-order valence-electron chi connectivity index (χ3n) is 4.66. The molecule has 0 spiro atoms. The molecule has 0 fully saturated rings. The second-order valence-electron chi connectivity index (χ2n) is 6.84. The first-order valence-corrected chi connectivity index (χ1v) is 11.6. The van der Waals surface area contributed by atoms with Gasteiger partial charge in [0.05, 0.1) is 32.2 Å². The summed E-state index contributed by atoms with van der Waals surface area (Å²) < 4.78 is 36.4. The van der Waals surface area contributed by atoms with Crippen molar-refractivity contribution >= 4 is 33.2 Å². The van der Waals surface area contributed by atoms with Crippen molar-refractivity contribution < 1.29 is 22.7 Å². The smallest absolute Gasteiger partial charge is 0.241 e. The van der Waals surface area contributed by atoms with E-state index in [1.165, 1.54) is 13.2 Å². The highest BCUT2D eigenvalue weighted by Gasteiger charge is 2.25. The highest BCUT2D eigenvalue weighted by Crippen LogP contribution is 2.32. The Bertz CT molecular complexity index is 1010. The van der Waals surface area contributed by atoms with Gasteiger partial charge < -0.3 is 14.8 Å². The molecule has 0 bridgehead atoms. The first-order valence-electron chi connectivity index (χ1n) is 9.35. The van der Waals surface area contributed by atoms with Crippen LogP contribution in [0.4, 0.5) is 5.69 Å². The molecule has 1 amide bonds. The summed E-state index contributed by atoms with van der Waals surface area (Å²) >= 11 is 6.04. The number of benzene rings is 2. The van der Waals surface area contributed by atoms with Gasteiger partial charge in [-0.3, -0.25) is 9.10 Å². The second kappa shape index (κ2) is 10.0. The van der Waals surface area contributed by atoms with Crippen LogP contribution in [-0.4, -0.2) is 41.3 Å². The number of carbonyl (C=O) groups is 1. The van der Waals surface area contributed by atoms with Crippen LogP contribution in [0, 0.1) is 6.92 Å². The van der Waals surface area contributed by atoms with Gasteiger partial charge in [0.1, 0.15) is 18.0 Å². The van der Waals surface area contributed by atoms with Crippen LogP contribution in [0.3, 0.4) is 0 Å². The van der Waals surface area contributed by atoms with Gasteiger partial charge in [-0.25, -0.2) is 8.42 Å². The van der Waals surface area contributed by atoms with Crippen molar-refractivity contribution in [1.82, 2.24) is 5.32 Å². The highest BCUT2D eigenvalue weighted by atomic mass is 35.5. The average Bonchev–Trinajstić information content (AvgIpc) is 2.69. The minimum atomic E-state index is -3.77. The van der Waals surface area contributed by atoms with Gasteiger partial charge in [0.25, 0.3) is 0 Å². The van der Waals surface area contributed by atoms with Gasteiger partial charge in [-0.05, 0) is 48.7 Å². The lowest BCUT2D eigenvalue weighted by molar-refractivity contribution is -0.120. The largest absolute Gasteiger partial charge is 0.496 e. The van der Waals surface area contributed by atoms with E-state index < -0.39 is 22.5 Å². The number of anilines is 1. The Kier molecular flexibility index (Phi) is 7.97. The van der Waals surface area contributed by atoms with Crippen LogP contribution in [0.15, 0.2) is 36.4 Å². The summed E-state index contributed by atoms with van der Waals surface area (Å²) in [4.78, 5) is 12.8. The lowest BCUT2D eigenvalue weighted by Gasteiger charge is -2.25. The summed E-state index contributed by atoms with van der Waals surface area (Å²) in [6.07, 6.45) is 1.67. The Labute approximate surface area is 183 Å². The molecule has 30 heavy (non-hydrogen) atoms. The maximum atomic E-state index is 12.8. The summed E-state index contributed by atoms with van der Waals surface area (Å²) in [5.41, 5.74) is 2.07. The lowest BCUT2D eigenvalue weighted by atomic mass is 10.0. The van der Waals surface area contributed by atoms with Crippen molar-refractivity contribution in [3.63, 3.8) is 0 Å². The van der Waals surface area contributed by atoms with Crippen molar-refractivity contribution in [3.05, 3.63) is 52.5 Å². The van der Waals surface area contributed by atoms with Crippen molar-refractivity contribution in [2.75, 3.05) is 31.3 Å². The number of rotatable bonds is 9. The molecule has 0 saturated heterocycles. The minimum absolute atomic E-state index is 0.205. The molecule has 0 unspecified atom stereocenters. The van der Waals surface area contributed by atoms with E-state index in [4.69, 9.17) is 21.1 Å². The molecular formula is C21H27ClN2O5S. The first kappa shape index (κ1) is 23.8. The molecular weight excluding hydrogens is 428 g/mol. The Morgan fingerprint density at radius 2 is 1.77 bits per heavy atom. The number of aryl methyl sites for hydroxylation is 1. The summed E-state index contributed by atoms with van der Waals surface area (Å²) in [7, 11) is -0.743. The number of halogens is 1. The fraction of sp³-hybridized carbons (Fsp3) is 0.381. The first-order chi connectivity index (χ1) is 14.1. The van der Waals surface area contributed by atoms with E-state index in [0.29, 0.717) is 17.2 Å². The van der Waals surface area contributed by atoms with E-state index in [-0.39, 0.29) is 11.7 Å². The lowest BCUT2D eigenvalue weighted by Crippen LogP contribution is -2.41. The van der Waals surface area contributed by atoms with Crippen LogP contribution >= 0.6 is 11.6 Å². The normalized spacial score (nSPS) is 12.2. The van der Waals surface area contributed by atoms with Crippen LogP contribution in [0.25, 0.3) is 0 Å². The standard InChI is InChI=1S/C21H27ClN2O5S/c1-6-17(15-7-9-19(28-3)14(2)11-15)23-21(25)13-24(30(5,26)27)18-12-16(22)8-10-20(18)29-4/h7-12,17H,6,13H2,1-5H3,(H,23,25)/t17-/m0/s1. The van der Waals surface area contributed by atoms with E-state index in [9.17, 15) is 13.2 Å². The van der Waals surface area contributed by atoms with Gasteiger partial charge in [-0.15, -0.1) is 0 Å². The average molecular weight is 455 g/mol. The van der Waals surface area contributed by atoms with Crippen molar-refractivity contribution in [2.45, 2.75) is 26.3 Å². The van der Waals surface area contributed by atoms with Crippen LogP contribution in [0.5, 0.6) is 11.5 Å². The highest BCUT2D eigenvalue weighted by molar-refractivity contribution is 7.92. The molecule has 0 radical (unpaired) electrons. The van der Waals surface area contributed by atoms with E-state index in [1.807, 2.05) is 32.0 Å². The molecule has 0 heterocycles. The number of hydrogen-bond donors (Lipinski definition) is 1. The van der Waals surface area contributed by atoms with Crippen LogP contribution < -0.4 is 19.1 Å². The van der Waals surface area contributed by atoms with E-state index in [0.717, 1.165) is 27.4 Å². The maximum absolute atomic E-state index is 12.8. The van der Waals surface area contributed by atoms with Crippen LogP contribution in [0.2, 0.25) is 5.02 Å². The quantitative estimate of drug-likeness (QED) is 0.624. The summed E-state index contributed by atoms with van der Waals surface area (Å²) in [6, 6.07) is 10.0. The molecule has 2 aromatic carbocycles. The fourth-order valence-electron chi connectivity index (χ4n) is 3.15. The van der Waals surface area contributed by atoms with E-state index >= 15 is 0 Å². The number of sulfonamides is 1. The molecule has 2 rings (SSSR count). The number of nitrogens with one attached hydrogen (secondary N) is 1. The summed E-state index contributed by atoms with van der Waals surface area (Å²) in [5, 5.41) is 3.25. The topological polar surface area (TPSA) is 84.9 Å². The summed E-state index contributed by atoms with van der Waals surface area (Å²) in [6.45, 7) is 3.47. The number of hydrogen-bond acceptors (Lipinski definition) is 5. The zero-order chi connectivity index (χ0) is 22.5. The molecule has 0 aliphatic heterocycles. The van der Waals surface area contributed by atoms with Gasteiger partial charge in [0.2, 0.25) is 15.9 Å².